The fourth-order valence-corrected chi connectivity index (χ4v) is 2.82. The second-order valence-corrected chi connectivity index (χ2v) is 5.41. The molecule has 1 aromatic rings. The summed E-state index contributed by atoms with van der Waals surface area (Å²) in [4.78, 5) is 0. The zero-order valence-corrected chi connectivity index (χ0v) is 10.9. The van der Waals surface area contributed by atoms with Crippen molar-refractivity contribution in [1.29, 1.82) is 0 Å². The Balaban J connectivity index is 1.70. The largest absolute Gasteiger partial charge is 0.416 e. The highest BCUT2D eigenvalue weighted by Crippen LogP contribution is 2.30. The van der Waals surface area contributed by atoms with Crippen molar-refractivity contribution in [2.45, 2.75) is 31.1 Å². The van der Waals surface area contributed by atoms with Crippen molar-refractivity contribution in [3.05, 3.63) is 47.0 Å². The fraction of sp³-hybridized carbons (Fsp3) is 0.467. The Bertz CT molecular complexity index is 507. The quantitative estimate of drug-likeness (QED) is 0.843. The van der Waals surface area contributed by atoms with Crippen LogP contribution in [0.1, 0.15) is 17.5 Å². The van der Waals surface area contributed by atoms with Gasteiger partial charge in [0.2, 0.25) is 0 Å². The molecule has 0 spiro atoms. The van der Waals surface area contributed by atoms with E-state index in [1.807, 2.05) is 0 Å². The highest BCUT2D eigenvalue weighted by Gasteiger charge is 2.30. The lowest BCUT2D eigenvalue weighted by atomic mass is 9.92. The van der Waals surface area contributed by atoms with Gasteiger partial charge in [0.1, 0.15) is 0 Å². The molecule has 0 amide bonds. The molecule has 5 heteroatoms. The van der Waals surface area contributed by atoms with Crippen molar-refractivity contribution in [3.63, 3.8) is 0 Å². The third-order valence-corrected chi connectivity index (χ3v) is 3.72. The molecule has 108 valence electrons. The van der Waals surface area contributed by atoms with Gasteiger partial charge in [0.05, 0.1) is 18.8 Å². The highest BCUT2D eigenvalue weighted by atomic mass is 19.4. The smallest absolute Gasteiger partial charge is 0.378 e. The lowest BCUT2D eigenvalue weighted by Gasteiger charge is -2.35. The minimum atomic E-state index is -4.26. The maximum absolute atomic E-state index is 12.5. The molecule has 0 saturated carbocycles. The number of hydrogen-bond donors (Lipinski definition) is 1. The summed E-state index contributed by atoms with van der Waals surface area (Å²) < 4.78 is 43.0. The zero-order chi connectivity index (χ0) is 14.2. The van der Waals surface area contributed by atoms with Gasteiger partial charge < -0.3 is 10.1 Å². The molecule has 2 heterocycles. The van der Waals surface area contributed by atoms with E-state index in [2.05, 4.69) is 11.4 Å². The molecular weight excluding hydrogens is 267 g/mol. The van der Waals surface area contributed by atoms with Crippen molar-refractivity contribution < 1.29 is 17.9 Å². The molecule has 2 aliphatic rings. The normalized spacial score (nSPS) is 26.2. The first kappa shape index (κ1) is 13.6. The number of benzene rings is 1. The van der Waals surface area contributed by atoms with Crippen LogP contribution < -0.4 is 5.32 Å². The van der Waals surface area contributed by atoms with Crippen LogP contribution in [-0.4, -0.2) is 25.3 Å². The van der Waals surface area contributed by atoms with Gasteiger partial charge in [-0.3, -0.25) is 0 Å². The van der Waals surface area contributed by atoms with E-state index >= 15 is 0 Å². The minimum absolute atomic E-state index is 0.243. The lowest BCUT2D eigenvalue weighted by Crippen LogP contribution is -2.50. The predicted molar refractivity (Wildman–Crippen MR) is 69.4 cm³/mol. The molecule has 1 N–H and O–H groups in total. The molecule has 0 aromatic heterocycles. The van der Waals surface area contributed by atoms with Crippen LogP contribution in [0.15, 0.2) is 35.9 Å². The third-order valence-electron chi connectivity index (χ3n) is 3.72. The summed E-state index contributed by atoms with van der Waals surface area (Å²) in [6, 6.07) is 6.02. The summed E-state index contributed by atoms with van der Waals surface area (Å²) in [7, 11) is 0. The Morgan fingerprint density at radius 3 is 2.55 bits per heavy atom. The van der Waals surface area contributed by atoms with Crippen molar-refractivity contribution in [2.75, 3.05) is 13.2 Å². The SMILES string of the molecule is FC(F)(F)c1ccc(CC2=CC3COCC(C2)N3)cc1. The molecule has 2 bridgehead atoms. The fourth-order valence-electron chi connectivity index (χ4n) is 2.82. The second kappa shape index (κ2) is 5.22. The molecular formula is C15H16F3NO. The van der Waals surface area contributed by atoms with Crippen LogP contribution >= 0.6 is 0 Å². The van der Waals surface area contributed by atoms with E-state index in [4.69, 9.17) is 4.74 Å². The Hall–Kier alpha value is -1.33. The summed E-state index contributed by atoms with van der Waals surface area (Å²) >= 11 is 0. The Labute approximate surface area is 115 Å². The minimum Gasteiger partial charge on any atom is -0.378 e. The molecule has 0 radical (unpaired) electrons. The van der Waals surface area contributed by atoms with E-state index in [-0.39, 0.29) is 6.04 Å². The van der Waals surface area contributed by atoms with Gasteiger partial charge in [-0.25, -0.2) is 0 Å². The number of hydrogen-bond acceptors (Lipinski definition) is 2. The van der Waals surface area contributed by atoms with E-state index in [1.165, 1.54) is 5.57 Å². The number of nitrogens with one attached hydrogen (secondary N) is 1. The van der Waals surface area contributed by atoms with Gasteiger partial charge in [-0.2, -0.15) is 13.2 Å². The van der Waals surface area contributed by atoms with Crippen LogP contribution in [0, 0.1) is 0 Å². The van der Waals surface area contributed by atoms with E-state index in [0.29, 0.717) is 25.7 Å². The summed E-state index contributed by atoms with van der Waals surface area (Å²) in [6.45, 7) is 1.38. The number of rotatable bonds is 2. The van der Waals surface area contributed by atoms with Crippen LogP contribution in [0.5, 0.6) is 0 Å². The van der Waals surface area contributed by atoms with Crippen molar-refractivity contribution >= 4 is 0 Å². The van der Waals surface area contributed by atoms with Gasteiger partial charge in [-0.05, 0) is 30.5 Å². The Morgan fingerprint density at radius 2 is 1.90 bits per heavy atom. The molecule has 2 aliphatic heterocycles. The topological polar surface area (TPSA) is 21.3 Å². The summed E-state index contributed by atoms with van der Waals surface area (Å²) in [5, 5.41) is 3.45. The number of ether oxygens (including phenoxy) is 1. The Morgan fingerprint density at radius 1 is 1.15 bits per heavy atom. The van der Waals surface area contributed by atoms with Crippen LogP contribution in [0.3, 0.4) is 0 Å². The van der Waals surface area contributed by atoms with Crippen LogP contribution in [0.25, 0.3) is 0 Å². The molecule has 1 saturated heterocycles. The van der Waals surface area contributed by atoms with Crippen LogP contribution in [0.4, 0.5) is 13.2 Å². The number of halogens is 3. The first-order chi connectivity index (χ1) is 9.50. The number of alkyl halides is 3. The first-order valence-corrected chi connectivity index (χ1v) is 6.70. The monoisotopic (exact) mass is 283 g/mol. The number of morpholine rings is 1. The highest BCUT2D eigenvalue weighted by molar-refractivity contribution is 5.29. The maximum atomic E-state index is 12.5. The summed E-state index contributed by atoms with van der Waals surface area (Å²) in [5.74, 6) is 0. The van der Waals surface area contributed by atoms with Gasteiger partial charge in [0.15, 0.2) is 0 Å². The van der Waals surface area contributed by atoms with Crippen molar-refractivity contribution in [2.24, 2.45) is 0 Å². The second-order valence-electron chi connectivity index (χ2n) is 5.41. The average molecular weight is 283 g/mol. The van der Waals surface area contributed by atoms with E-state index in [9.17, 15) is 13.2 Å². The lowest BCUT2D eigenvalue weighted by molar-refractivity contribution is -0.137. The average Bonchev–Trinajstić information content (AvgIpc) is 2.38. The van der Waals surface area contributed by atoms with Gasteiger partial charge >= 0.3 is 6.18 Å². The predicted octanol–water partition coefficient (Wildman–Crippen LogP) is 2.94. The summed E-state index contributed by atoms with van der Waals surface area (Å²) in [6.07, 6.45) is -0.501. The van der Waals surface area contributed by atoms with E-state index < -0.39 is 11.7 Å². The molecule has 20 heavy (non-hydrogen) atoms. The first-order valence-electron chi connectivity index (χ1n) is 6.70. The Kier molecular flexibility index (Phi) is 3.56. The van der Waals surface area contributed by atoms with E-state index in [1.54, 1.807) is 12.1 Å². The van der Waals surface area contributed by atoms with Crippen LogP contribution in [-0.2, 0) is 17.3 Å². The third kappa shape index (κ3) is 3.04. The zero-order valence-electron chi connectivity index (χ0n) is 10.9. The van der Waals surface area contributed by atoms with Crippen molar-refractivity contribution in [1.82, 2.24) is 5.32 Å². The van der Waals surface area contributed by atoms with E-state index in [0.717, 1.165) is 24.1 Å². The van der Waals surface area contributed by atoms with Gasteiger partial charge in [-0.15, -0.1) is 0 Å². The maximum Gasteiger partial charge on any atom is 0.416 e. The molecule has 3 rings (SSSR count). The molecule has 2 atom stereocenters. The molecule has 0 aliphatic carbocycles. The molecule has 1 aromatic carbocycles. The van der Waals surface area contributed by atoms with Crippen molar-refractivity contribution in [3.8, 4) is 0 Å². The van der Waals surface area contributed by atoms with Gasteiger partial charge in [0, 0.05) is 12.1 Å². The standard InChI is InChI=1S/C15H16F3NO/c16-15(17,18)12-3-1-10(2-4-12)5-11-6-13-8-20-9-14(7-11)19-13/h1-4,6,13-14,19H,5,7-9H2. The molecule has 2 unspecified atom stereocenters. The van der Waals surface area contributed by atoms with Crippen LogP contribution in [0.2, 0.25) is 0 Å². The van der Waals surface area contributed by atoms with Gasteiger partial charge in [-0.1, -0.05) is 23.8 Å². The molecule has 2 nitrogen and oxygen atoms in total. The summed E-state index contributed by atoms with van der Waals surface area (Å²) in [5.41, 5.74) is 1.61. The number of fused-ring (bicyclic) bond motifs is 2. The molecule has 1 fully saturated rings. The van der Waals surface area contributed by atoms with Gasteiger partial charge in [0.25, 0.3) is 0 Å².